The van der Waals surface area contributed by atoms with Gasteiger partial charge in [0.1, 0.15) is 17.5 Å². The molecule has 3 fully saturated rings. The number of hydrogen-bond acceptors (Lipinski definition) is 8. The van der Waals surface area contributed by atoms with E-state index in [1.54, 1.807) is 26.8 Å². The van der Waals surface area contributed by atoms with E-state index in [0.29, 0.717) is 12.2 Å². The first kappa shape index (κ1) is 20.0. The summed E-state index contributed by atoms with van der Waals surface area (Å²) in [6, 6.07) is 1.75. The van der Waals surface area contributed by atoms with Crippen LogP contribution >= 0.6 is 0 Å². The van der Waals surface area contributed by atoms with Gasteiger partial charge in [0.05, 0.1) is 24.4 Å². The minimum absolute atomic E-state index is 0.103. The maximum atomic E-state index is 13.0. The van der Waals surface area contributed by atoms with Gasteiger partial charge in [-0.2, -0.15) is 0 Å². The monoisotopic (exact) mass is 420 g/mol. The normalized spacial score (nSPS) is 48.2. The van der Waals surface area contributed by atoms with E-state index in [9.17, 15) is 24.9 Å². The summed E-state index contributed by atoms with van der Waals surface area (Å²) in [5.41, 5.74) is -3.24. The van der Waals surface area contributed by atoms with Gasteiger partial charge in [-0.15, -0.1) is 0 Å². The molecule has 7 unspecified atom stereocenters. The molecule has 30 heavy (non-hydrogen) atoms. The number of aliphatic hydroxyl groups excluding tert-OH is 2. The molecule has 0 radical (unpaired) electrons. The van der Waals surface area contributed by atoms with Crippen molar-refractivity contribution in [1.29, 1.82) is 0 Å². The molecule has 3 N–H and O–H groups in total. The van der Waals surface area contributed by atoms with E-state index in [4.69, 9.17) is 13.9 Å². The zero-order valence-corrected chi connectivity index (χ0v) is 17.5. The molecule has 2 saturated carbocycles. The molecule has 8 nitrogen and oxygen atoms in total. The number of fused-ring (bicyclic) bond motifs is 4. The molecule has 3 aliphatic carbocycles. The number of carbonyl (C=O) groups is 2. The minimum Gasteiger partial charge on any atom is -0.469 e. The van der Waals surface area contributed by atoms with Crippen molar-refractivity contribution in [2.24, 2.45) is 22.7 Å². The molecule has 0 bridgehead atoms. The highest BCUT2D eigenvalue weighted by Gasteiger charge is 2.79. The average Bonchev–Trinajstić information content (AvgIpc) is 3.25. The Balaban J connectivity index is 1.78. The van der Waals surface area contributed by atoms with Crippen molar-refractivity contribution >= 4 is 11.9 Å². The summed E-state index contributed by atoms with van der Waals surface area (Å²) >= 11 is 0. The molecule has 8 heteroatoms. The number of carbonyl (C=O) groups excluding carboxylic acids is 2. The number of rotatable bonds is 1. The second-order valence-corrected chi connectivity index (χ2v) is 10.2. The summed E-state index contributed by atoms with van der Waals surface area (Å²) in [5, 5.41) is 34.4. The molecule has 2 heterocycles. The first-order valence-corrected chi connectivity index (χ1v) is 10.5. The van der Waals surface area contributed by atoms with Gasteiger partial charge in [0.2, 0.25) is 0 Å². The molecule has 1 aliphatic heterocycles. The van der Waals surface area contributed by atoms with Crippen LogP contribution in [-0.2, 0) is 25.5 Å². The second kappa shape index (κ2) is 5.87. The second-order valence-electron chi connectivity index (χ2n) is 10.2. The van der Waals surface area contributed by atoms with Gasteiger partial charge in [0.15, 0.2) is 6.10 Å². The van der Waals surface area contributed by atoms with Gasteiger partial charge in [-0.3, -0.25) is 9.59 Å². The minimum atomic E-state index is -1.75. The van der Waals surface area contributed by atoms with Crippen LogP contribution in [0.2, 0.25) is 0 Å². The lowest BCUT2D eigenvalue weighted by Gasteiger charge is -2.69. The van der Waals surface area contributed by atoms with Gasteiger partial charge in [0.25, 0.3) is 0 Å². The average molecular weight is 420 g/mol. The van der Waals surface area contributed by atoms with Crippen molar-refractivity contribution in [2.45, 2.75) is 76.5 Å². The van der Waals surface area contributed by atoms with Gasteiger partial charge >= 0.3 is 11.9 Å². The number of hydrogen-bond donors (Lipinski definition) is 3. The van der Waals surface area contributed by atoms with E-state index >= 15 is 0 Å². The van der Waals surface area contributed by atoms with Crippen molar-refractivity contribution in [3.8, 4) is 0 Å². The predicted molar refractivity (Wildman–Crippen MR) is 101 cm³/mol. The number of aliphatic hydroxyl groups is 3. The number of esters is 2. The van der Waals surface area contributed by atoms with Gasteiger partial charge in [-0.05, 0) is 18.4 Å². The predicted octanol–water partition coefficient (Wildman–Crippen LogP) is 0.911. The summed E-state index contributed by atoms with van der Waals surface area (Å²) in [4.78, 5) is 25.0. The fourth-order valence-electron chi connectivity index (χ4n) is 7.34. The van der Waals surface area contributed by atoms with Crippen LogP contribution in [0.15, 0.2) is 16.7 Å². The van der Waals surface area contributed by atoms with Crippen LogP contribution in [0.3, 0.4) is 0 Å². The van der Waals surface area contributed by atoms with E-state index in [2.05, 4.69) is 0 Å². The third-order valence-electron chi connectivity index (χ3n) is 8.58. The Morgan fingerprint density at radius 3 is 2.63 bits per heavy atom. The molecule has 164 valence electrons. The first-order chi connectivity index (χ1) is 13.9. The Morgan fingerprint density at radius 1 is 1.27 bits per heavy atom. The largest absolute Gasteiger partial charge is 0.469 e. The Labute approximate surface area is 174 Å². The molecule has 0 amide bonds. The third kappa shape index (κ3) is 2.07. The molecule has 0 spiro atoms. The van der Waals surface area contributed by atoms with Gasteiger partial charge < -0.3 is 29.2 Å². The summed E-state index contributed by atoms with van der Waals surface area (Å²) < 4.78 is 17.1. The van der Waals surface area contributed by atoms with Crippen molar-refractivity contribution in [3.05, 3.63) is 23.7 Å². The SMILES string of the molecule is CC(=O)OC1C2OC(=O)C3c4ccoc4CC([C@H]32)[C@@]2(C)C(O)C(O)CC(C)(C)C12O. The Hall–Kier alpha value is -1.90. The molecular formula is C22H28O8. The lowest BCUT2D eigenvalue weighted by Crippen LogP contribution is -2.81. The molecule has 9 atom stereocenters. The smallest absolute Gasteiger partial charge is 0.314 e. The quantitative estimate of drug-likeness (QED) is 0.573. The van der Waals surface area contributed by atoms with Gasteiger partial charge in [-0.25, -0.2) is 0 Å². The molecule has 5 rings (SSSR count). The first-order valence-electron chi connectivity index (χ1n) is 10.5. The van der Waals surface area contributed by atoms with Crippen LogP contribution in [-0.4, -0.2) is 57.3 Å². The Morgan fingerprint density at radius 2 is 1.97 bits per heavy atom. The summed E-state index contributed by atoms with van der Waals surface area (Å²) in [6.45, 7) is 6.54. The van der Waals surface area contributed by atoms with Crippen molar-refractivity contribution in [3.63, 3.8) is 0 Å². The lowest BCUT2D eigenvalue weighted by atomic mass is 9.39. The lowest BCUT2D eigenvalue weighted by molar-refractivity contribution is -0.345. The maximum Gasteiger partial charge on any atom is 0.314 e. The topological polar surface area (TPSA) is 126 Å². The highest BCUT2D eigenvalue weighted by atomic mass is 16.6. The van der Waals surface area contributed by atoms with E-state index in [0.717, 1.165) is 5.56 Å². The summed E-state index contributed by atoms with van der Waals surface area (Å²) in [6.07, 6.45) is -2.37. The van der Waals surface area contributed by atoms with E-state index in [1.165, 1.54) is 13.2 Å². The van der Waals surface area contributed by atoms with Crippen LogP contribution in [0.4, 0.5) is 0 Å². The molecule has 4 aliphatic rings. The van der Waals surface area contributed by atoms with Crippen LogP contribution < -0.4 is 0 Å². The van der Waals surface area contributed by atoms with E-state index in [-0.39, 0.29) is 6.42 Å². The third-order valence-corrected chi connectivity index (χ3v) is 8.58. The van der Waals surface area contributed by atoms with E-state index < -0.39 is 70.5 Å². The highest BCUT2D eigenvalue weighted by Crippen LogP contribution is 2.69. The van der Waals surface area contributed by atoms with Gasteiger partial charge in [0, 0.05) is 35.7 Å². The molecule has 1 aromatic heterocycles. The van der Waals surface area contributed by atoms with Crippen molar-refractivity contribution in [1.82, 2.24) is 0 Å². The summed E-state index contributed by atoms with van der Waals surface area (Å²) in [7, 11) is 0. The zero-order valence-electron chi connectivity index (χ0n) is 17.5. The zero-order chi connectivity index (χ0) is 21.8. The van der Waals surface area contributed by atoms with Crippen LogP contribution in [0.1, 0.15) is 51.4 Å². The standard InChI is InChI=1S/C22H28O8/c1-9(23)29-18-16-15-11(7-13-10(5-6-28-13)14(15)19(26)30-16)21(4)17(25)12(24)8-20(2,3)22(18,21)27/h5-6,11-12,14-18,24-25,27H,7-8H2,1-4H3/t11?,12?,14?,15-,16?,17?,18?,21+,22?/m1/s1. The van der Waals surface area contributed by atoms with E-state index in [1.807, 2.05) is 0 Å². The molecule has 1 aromatic rings. The fraction of sp³-hybridized carbons (Fsp3) is 0.727. The van der Waals surface area contributed by atoms with Crippen molar-refractivity contribution in [2.75, 3.05) is 0 Å². The van der Waals surface area contributed by atoms with Crippen LogP contribution in [0.25, 0.3) is 0 Å². The summed E-state index contributed by atoms with van der Waals surface area (Å²) in [5.74, 6) is -1.92. The Kier molecular flexibility index (Phi) is 3.92. The molecule has 1 saturated heterocycles. The van der Waals surface area contributed by atoms with Crippen LogP contribution in [0, 0.1) is 22.7 Å². The van der Waals surface area contributed by atoms with Gasteiger partial charge in [-0.1, -0.05) is 20.8 Å². The number of furan rings is 1. The van der Waals surface area contributed by atoms with Crippen LogP contribution in [0.5, 0.6) is 0 Å². The fourth-order valence-corrected chi connectivity index (χ4v) is 7.34. The highest BCUT2D eigenvalue weighted by molar-refractivity contribution is 5.82. The maximum absolute atomic E-state index is 13.0. The Bertz CT molecular complexity index is 920. The van der Waals surface area contributed by atoms with Crippen molar-refractivity contribution < 1.29 is 38.8 Å². The molecular weight excluding hydrogens is 392 g/mol. The number of ether oxygens (including phenoxy) is 2. The molecule has 0 aromatic carbocycles.